The average Bonchev–Trinajstić information content (AvgIpc) is 2.88. The molecule has 1 N–H and O–H groups in total. The molecule has 0 fully saturated rings. The van der Waals surface area contributed by atoms with E-state index in [9.17, 15) is 13.9 Å². The van der Waals surface area contributed by atoms with Gasteiger partial charge in [-0.2, -0.15) is 0 Å². The summed E-state index contributed by atoms with van der Waals surface area (Å²) in [5, 5.41) is 10.1. The number of rotatable bonds is 2. The molecule has 4 heteroatoms. The molecule has 1 nitrogen and oxygen atoms in total. The minimum absolute atomic E-state index is 0.252. The molecule has 1 atom stereocenters. The summed E-state index contributed by atoms with van der Waals surface area (Å²) in [6, 6.07) is 5.52. The van der Waals surface area contributed by atoms with Gasteiger partial charge in [-0.25, -0.2) is 8.78 Å². The molecule has 3 rings (SSSR count). The van der Waals surface area contributed by atoms with Crippen molar-refractivity contribution in [2.24, 2.45) is 0 Å². The van der Waals surface area contributed by atoms with E-state index in [0.717, 1.165) is 19.3 Å². The molecule has 0 saturated carbocycles. The predicted molar refractivity (Wildman–Crippen MR) is 66.8 cm³/mol. The Morgan fingerprint density at radius 2 is 1.89 bits per heavy atom. The third-order valence-corrected chi connectivity index (χ3v) is 4.60. The van der Waals surface area contributed by atoms with E-state index >= 15 is 0 Å². The summed E-state index contributed by atoms with van der Waals surface area (Å²) in [7, 11) is 0. The molecule has 94 valence electrons. The summed E-state index contributed by atoms with van der Waals surface area (Å²) in [5.41, 5.74) is 0.961. The summed E-state index contributed by atoms with van der Waals surface area (Å²) in [6.07, 6.45) is 1.93. The van der Waals surface area contributed by atoms with Gasteiger partial charge in [0.1, 0.15) is 17.7 Å². The van der Waals surface area contributed by atoms with E-state index in [4.69, 9.17) is 0 Å². The molecule has 1 aliphatic rings. The van der Waals surface area contributed by atoms with Crippen molar-refractivity contribution in [3.8, 4) is 0 Å². The Morgan fingerprint density at radius 3 is 2.56 bits per heavy atom. The highest BCUT2D eigenvalue weighted by atomic mass is 32.1. The SMILES string of the molecule is OC(c1cc2c(s1)CCC2)c1c(F)cccc1F. The second kappa shape index (κ2) is 4.44. The molecule has 0 bridgehead atoms. The zero-order chi connectivity index (χ0) is 12.7. The Morgan fingerprint density at radius 1 is 1.17 bits per heavy atom. The van der Waals surface area contributed by atoms with Crippen LogP contribution in [0.3, 0.4) is 0 Å². The Bertz CT molecular complexity index is 550. The first-order valence-corrected chi connectivity index (χ1v) is 6.72. The molecule has 18 heavy (non-hydrogen) atoms. The van der Waals surface area contributed by atoms with E-state index < -0.39 is 17.7 Å². The lowest BCUT2D eigenvalue weighted by Crippen LogP contribution is -2.04. The number of hydrogen-bond acceptors (Lipinski definition) is 2. The van der Waals surface area contributed by atoms with Gasteiger partial charge < -0.3 is 5.11 Å². The van der Waals surface area contributed by atoms with Crippen LogP contribution in [0.4, 0.5) is 8.78 Å². The Labute approximate surface area is 108 Å². The quantitative estimate of drug-likeness (QED) is 0.880. The van der Waals surface area contributed by atoms with Crippen LogP contribution in [0.5, 0.6) is 0 Å². The molecule has 1 unspecified atom stereocenters. The fourth-order valence-electron chi connectivity index (χ4n) is 2.40. The van der Waals surface area contributed by atoms with Crippen molar-refractivity contribution in [1.29, 1.82) is 0 Å². The van der Waals surface area contributed by atoms with Crippen molar-refractivity contribution in [2.75, 3.05) is 0 Å². The maximum Gasteiger partial charge on any atom is 0.132 e. The first-order valence-electron chi connectivity index (χ1n) is 5.90. The lowest BCUT2D eigenvalue weighted by molar-refractivity contribution is 0.212. The van der Waals surface area contributed by atoms with Crippen molar-refractivity contribution in [3.63, 3.8) is 0 Å². The molecule has 1 aromatic carbocycles. The Hall–Kier alpha value is -1.26. The lowest BCUT2D eigenvalue weighted by atomic mass is 10.1. The van der Waals surface area contributed by atoms with Gasteiger partial charge in [0.15, 0.2) is 0 Å². The number of thiophene rings is 1. The second-order valence-electron chi connectivity index (χ2n) is 4.49. The van der Waals surface area contributed by atoms with Gasteiger partial charge in [0.25, 0.3) is 0 Å². The van der Waals surface area contributed by atoms with Gasteiger partial charge in [0, 0.05) is 9.75 Å². The maximum atomic E-state index is 13.6. The number of aryl methyl sites for hydroxylation is 2. The highest BCUT2D eigenvalue weighted by Crippen LogP contribution is 2.37. The van der Waals surface area contributed by atoms with Crippen LogP contribution in [-0.4, -0.2) is 5.11 Å². The van der Waals surface area contributed by atoms with Crippen LogP contribution in [0.2, 0.25) is 0 Å². The monoisotopic (exact) mass is 266 g/mol. The van der Waals surface area contributed by atoms with Gasteiger partial charge in [-0.3, -0.25) is 0 Å². The highest BCUT2D eigenvalue weighted by Gasteiger charge is 2.24. The zero-order valence-electron chi connectivity index (χ0n) is 9.62. The van der Waals surface area contributed by atoms with Crippen molar-refractivity contribution in [1.82, 2.24) is 0 Å². The van der Waals surface area contributed by atoms with Crippen LogP contribution in [0.25, 0.3) is 0 Å². The predicted octanol–water partition coefficient (Wildman–Crippen LogP) is 3.60. The number of aliphatic hydroxyl groups is 1. The van der Waals surface area contributed by atoms with Crippen LogP contribution < -0.4 is 0 Å². The molecular weight excluding hydrogens is 254 g/mol. The molecule has 1 aromatic heterocycles. The summed E-state index contributed by atoms with van der Waals surface area (Å²) in [4.78, 5) is 1.87. The van der Waals surface area contributed by atoms with E-state index in [1.807, 2.05) is 6.07 Å². The first kappa shape index (κ1) is 11.8. The van der Waals surface area contributed by atoms with Gasteiger partial charge in [-0.1, -0.05) is 6.07 Å². The van der Waals surface area contributed by atoms with E-state index in [-0.39, 0.29) is 5.56 Å². The standard InChI is InChI=1S/C14H12F2OS/c15-9-4-2-5-10(16)13(9)14(17)12-7-8-3-1-6-11(8)18-12/h2,4-5,7,14,17H,1,3,6H2. The second-order valence-corrected chi connectivity index (χ2v) is 5.66. The van der Waals surface area contributed by atoms with E-state index in [0.29, 0.717) is 4.88 Å². The van der Waals surface area contributed by atoms with Gasteiger partial charge in [0.05, 0.1) is 5.56 Å². The van der Waals surface area contributed by atoms with Crippen LogP contribution >= 0.6 is 11.3 Å². The maximum absolute atomic E-state index is 13.6. The molecule has 1 heterocycles. The normalized spacial score (nSPS) is 15.7. The third-order valence-electron chi connectivity index (χ3n) is 3.31. The largest absolute Gasteiger partial charge is 0.383 e. The van der Waals surface area contributed by atoms with E-state index in [1.54, 1.807) is 0 Å². The van der Waals surface area contributed by atoms with Gasteiger partial charge >= 0.3 is 0 Å². The molecule has 2 aromatic rings. The van der Waals surface area contributed by atoms with Crippen LogP contribution in [0, 0.1) is 11.6 Å². The summed E-state index contributed by atoms with van der Waals surface area (Å²) < 4.78 is 27.2. The molecule has 0 spiro atoms. The van der Waals surface area contributed by atoms with Crippen molar-refractivity contribution in [3.05, 3.63) is 56.8 Å². The van der Waals surface area contributed by atoms with Gasteiger partial charge in [-0.05, 0) is 43.0 Å². The number of aliphatic hydroxyl groups excluding tert-OH is 1. The third kappa shape index (κ3) is 1.85. The number of benzene rings is 1. The Balaban J connectivity index is 2.01. The van der Waals surface area contributed by atoms with E-state index in [1.165, 1.54) is 40.0 Å². The number of hydrogen-bond donors (Lipinski definition) is 1. The first-order chi connectivity index (χ1) is 8.66. The molecule has 0 saturated heterocycles. The molecular formula is C14H12F2OS. The minimum atomic E-state index is -1.21. The van der Waals surface area contributed by atoms with Crippen molar-refractivity contribution in [2.45, 2.75) is 25.4 Å². The molecule has 0 aliphatic heterocycles. The molecule has 0 radical (unpaired) electrons. The van der Waals surface area contributed by atoms with Gasteiger partial charge in [0.2, 0.25) is 0 Å². The minimum Gasteiger partial charge on any atom is -0.383 e. The molecule has 1 aliphatic carbocycles. The smallest absolute Gasteiger partial charge is 0.132 e. The summed E-state index contributed by atoms with van der Waals surface area (Å²) in [5.74, 6) is -1.40. The van der Waals surface area contributed by atoms with E-state index in [2.05, 4.69) is 0 Å². The Kier molecular flexibility index (Phi) is 2.92. The lowest BCUT2D eigenvalue weighted by Gasteiger charge is -2.11. The van der Waals surface area contributed by atoms with Gasteiger partial charge in [-0.15, -0.1) is 11.3 Å². The molecule has 0 amide bonds. The fourth-order valence-corrected chi connectivity index (χ4v) is 3.65. The summed E-state index contributed by atoms with van der Waals surface area (Å²) in [6.45, 7) is 0. The zero-order valence-corrected chi connectivity index (χ0v) is 10.4. The number of halogens is 2. The fraction of sp³-hybridized carbons (Fsp3) is 0.286. The average molecular weight is 266 g/mol. The highest BCUT2D eigenvalue weighted by molar-refractivity contribution is 7.12. The van der Waals surface area contributed by atoms with Crippen LogP contribution in [-0.2, 0) is 12.8 Å². The van der Waals surface area contributed by atoms with Crippen molar-refractivity contribution < 1.29 is 13.9 Å². The van der Waals surface area contributed by atoms with Crippen LogP contribution in [0.1, 0.15) is 33.4 Å². The summed E-state index contributed by atoms with van der Waals surface area (Å²) >= 11 is 1.46. The van der Waals surface area contributed by atoms with Crippen molar-refractivity contribution >= 4 is 11.3 Å². The number of fused-ring (bicyclic) bond motifs is 1. The van der Waals surface area contributed by atoms with Crippen LogP contribution in [0.15, 0.2) is 24.3 Å². The topological polar surface area (TPSA) is 20.2 Å².